The Morgan fingerprint density at radius 3 is 2.63 bits per heavy atom. The lowest BCUT2D eigenvalue weighted by Gasteiger charge is -2.20. The van der Waals surface area contributed by atoms with E-state index in [1.165, 1.54) is 0 Å². The van der Waals surface area contributed by atoms with Crippen molar-refractivity contribution in [3.63, 3.8) is 0 Å². The lowest BCUT2D eigenvalue weighted by molar-refractivity contribution is 0.0636. The molecule has 0 atom stereocenters. The molecule has 3 N–H and O–H groups in total. The van der Waals surface area contributed by atoms with Crippen LogP contribution in [0.3, 0.4) is 0 Å². The summed E-state index contributed by atoms with van der Waals surface area (Å²) in [5, 5.41) is 3.05. The number of benzene rings is 1. The molecule has 0 saturated carbocycles. The van der Waals surface area contributed by atoms with Gasteiger partial charge in [-0.2, -0.15) is 0 Å². The van der Waals surface area contributed by atoms with Gasteiger partial charge in [0, 0.05) is 0 Å². The third-order valence-corrected chi connectivity index (χ3v) is 2.49. The summed E-state index contributed by atoms with van der Waals surface area (Å²) in [6.45, 7) is 5.80. The molecule has 0 bridgehead atoms. The highest BCUT2D eigenvalue weighted by Crippen LogP contribution is 2.24. The first-order valence-corrected chi connectivity index (χ1v) is 6.30. The Bertz CT molecular complexity index is 444. The first-order chi connectivity index (χ1) is 8.81. The minimum Gasteiger partial charge on any atom is -0.444 e. The van der Waals surface area contributed by atoms with Crippen LogP contribution < -0.4 is 11.2 Å². The van der Waals surface area contributed by atoms with E-state index >= 15 is 0 Å². The first-order valence-electron chi connectivity index (χ1n) is 5.92. The van der Waals surface area contributed by atoms with Gasteiger partial charge in [-0.05, 0) is 44.9 Å². The van der Waals surface area contributed by atoms with Crippen LogP contribution in [0.5, 0.6) is 0 Å². The molecule has 0 aromatic heterocycles. The summed E-state index contributed by atoms with van der Waals surface area (Å²) in [6.07, 6.45) is 0.121. The molecule has 6 heteroatoms. The fourth-order valence-corrected chi connectivity index (χ4v) is 1.66. The molecule has 1 rings (SSSR count). The highest BCUT2D eigenvalue weighted by atomic mass is 35.5. The molecule has 5 nitrogen and oxygen atoms in total. The number of halogens is 1. The van der Waals surface area contributed by atoms with Gasteiger partial charge in [0.2, 0.25) is 0 Å². The van der Waals surface area contributed by atoms with Gasteiger partial charge in [0.05, 0.1) is 17.3 Å². The number of ether oxygens (including phenoxy) is 1. The summed E-state index contributed by atoms with van der Waals surface area (Å²) in [5.74, 6) is 4.96. The molecule has 1 aromatic rings. The van der Waals surface area contributed by atoms with Crippen LogP contribution in [0.4, 0.5) is 10.5 Å². The van der Waals surface area contributed by atoms with Crippen molar-refractivity contribution in [1.29, 1.82) is 0 Å². The second kappa shape index (κ2) is 6.75. The summed E-state index contributed by atoms with van der Waals surface area (Å²) >= 11 is 6.08. The van der Waals surface area contributed by atoms with Crippen molar-refractivity contribution in [3.8, 4) is 0 Å². The zero-order valence-corrected chi connectivity index (χ0v) is 12.1. The molecule has 0 radical (unpaired) electrons. The number of rotatable bonds is 4. The van der Waals surface area contributed by atoms with Gasteiger partial charge in [0.1, 0.15) is 5.60 Å². The summed E-state index contributed by atoms with van der Waals surface area (Å²) in [6, 6.07) is 5.32. The molecular formula is C13H19ClN2O3. The maximum absolute atomic E-state index is 11.6. The van der Waals surface area contributed by atoms with Gasteiger partial charge in [-0.3, -0.25) is 5.32 Å². The summed E-state index contributed by atoms with van der Waals surface area (Å²) in [4.78, 5) is 16.1. The van der Waals surface area contributed by atoms with Gasteiger partial charge in [-0.25, -0.2) is 10.7 Å². The smallest absolute Gasteiger partial charge is 0.412 e. The molecule has 0 aliphatic rings. The number of carbonyl (C=O) groups is 1. The van der Waals surface area contributed by atoms with E-state index in [1.807, 2.05) is 6.07 Å². The molecule has 0 aliphatic carbocycles. The zero-order valence-electron chi connectivity index (χ0n) is 11.3. The van der Waals surface area contributed by atoms with Gasteiger partial charge < -0.3 is 9.57 Å². The Labute approximate surface area is 118 Å². The highest BCUT2D eigenvalue weighted by Gasteiger charge is 2.17. The first kappa shape index (κ1) is 15.8. The molecule has 0 unspecified atom stereocenters. The molecular weight excluding hydrogens is 268 g/mol. The van der Waals surface area contributed by atoms with Crippen molar-refractivity contribution in [2.45, 2.75) is 32.8 Å². The lowest BCUT2D eigenvalue weighted by Crippen LogP contribution is -2.27. The quantitative estimate of drug-likeness (QED) is 0.834. The van der Waals surface area contributed by atoms with Crippen LogP contribution >= 0.6 is 11.6 Å². The molecule has 106 valence electrons. The number of anilines is 1. The monoisotopic (exact) mass is 286 g/mol. The van der Waals surface area contributed by atoms with Crippen LogP contribution in [-0.4, -0.2) is 18.3 Å². The van der Waals surface area contributed by atoms with Crippen molar-refractivity contribution in [1.82, 2.24) is 0 Å². The van der Waals surface area contributed by atoms with Gasteiger partial charge in [-0.15, -0.1) is 0 Å². The number of carbonyl (C=O) groups excluding carboxylic acids is 1. The van der Waals surface area contributed by atoms with Crippen molar-refractivity contribution in [2.75, 3.05) is 11.9 Å². The summed E-state index contributed by atoms with van der Waals surface area (Å²) in [5.41, 5.74) is 0.938. The molecule has 0 fully saturated rings. The number of nitrogens with one attached hydrogen (secondary N) is 1. The fraction of sp³-hybridized carbons (Fsp3) is 0.462. The molecule has 0 aliphatic heterocycles. The number of hydrogen-bond donors (Lipinski definition) is 2. The van der Waals surface area contributed by atoms with Crippen LogP contribution in [0.2, 0.25) is 5.02 Å². The Balaban J connectivity index is 2.67. The third kappa shape index (κ3) is 5.92. The average molecular weight is 287 g/mol. The van der Waals surface area contributed by atoms with Gasteiger partial charge >= 0.3 is 6.09 Å². The zero-order chi connectivity index (χ0) is 14.5. The van der Waals surface area contributed by atoms with E-state index in [0.29, 0.717) is 23.7 Å². The number of amides is 1. The van der Waals surface area contributed by atoms with E-state index in [1.54, 1.807) is 32.9 Å². The maximum atomic E-state index is 11.6. The van der Waals surface area contributed by atoms with Crippen LogP contribution in [0.15, 0.2) is 18.2 Å². The predicted molar refractivity (Wildman–Crippen MR) is 75.2 cm³/mol. The Kier molecular flexibility index (Phi) is 5.60. The van der Waals surface area contributed by atoms with E-state index < -0.39 is 11.7 Å². The highest BCUT2D eigenvalue weighted by molar-refractivity contribution is 6.33. The molecule has 0 heterocycles. The molecule has 1 amide bonds. The lowest BCUT2D eigenvalue weighted by atomic mass is 10.1. The predicted octanol–water partition coefficient (Wildman–Crippen LogP) is 3.12. The summed E-state index contributed by atoms with van der Waals surface area (Å²) < 4.78 is 5.15. The second-order valence-electron chi connectivity index (χ2n) is 5.06. The van der Waals surface area contributed by atoms with E-state index in [-0.39, 0.29) is 0 Å². The summed E-state index contributed by atoms with van der Waals surface area (Å²) in [7, 11) is 0. The fourth-order valence-electron chi connectivity index (χ4n) is 1.41. The topological polar surface area (TPSA) is 73.6 Å². The van der Waals surface area contributed by atoms with Crippen LogP contribution in [0, 0.1) is 0 Å². The minimum atomic E-state index is -0.547. The van der Waals surface area contributed by atoms with Crippen LogP contribution in [0.1, 0.15) is 26.3 Å². The average Bonchev–Trinajstić information content (AvgIpc) is 2.27. The standard InChI is InChI=1S/C13H19ClN2O3/c1-13(2,3)19-12(17)16-11-5-4-9(6-7-18-15)8-10(11)14/h4-5,8H,6-7,15H2,1-3H3,(H,16,17). The Morgan fingerprint density at radius 1 is 1.42 bits per heavy atom. The number of nitrogens with two attached hydrogens (primary N) is 1. The van der Waals surface area contributed by atoms with E-state index in [4.69, 9.17) is 22.2 Å². The normalized spacial score (nSPS) is 11.2. The molecule has 0 saturated heterocycles. The van der Waals surface area contributed by atoms with Crippen LogP contribution in [-0.2, 0) is 16.0 Å². The van der Waals surface area contributed by atoms with E-state index in [9.17, 15) is 4.79 Å². The third-order valence-electron chi connectivity index (χ3n) is 2.18. The van der Waals surface area contributed by atoms with E-state index in [2.05, 4.69) is 10.2 Å². The SMILES string of the molecule is CC(C)(C)OC(=O)Nc1ccc(CCON)cc1Cl. The minimum absolute atomic E-state index is 0.412. The largest absolute Gasteiger partial charge is 0.444 e. The van der Waals surface area contributed by atoms with Crippen LogP contribution in [0.25, 0.3) is 0 Å². The Morgan fingerprint density at radius 2 is 2.11 bits per heavy atom. The van der Waals surface area contributed by atoms with Gasteiger partial charge in [0.25, 0.3) is 0 Å². The van der Waals surface area contributed by atoms with E-state index in [0.717, 1.165) is 5.56 Å². The van der Waals surface area contributed by atoms with Gasteiger partial charge in [-0.1, -0.05) is 17.7 Å². The van der Waals surface area contributed by atoms with Crippen molar-refractivity contribution in [2.24, 2.45) is 5.90 Å². The van der Waals surface area contributed by atoms with Crippen molar-refractivity contribution in [3.05, 3.63) is 28.8 Å². The molecule has 19 heavy (non-hydrogen) atoms. The Hall–Kier alpha value is -1.30. The number of hydrogen-bond acceptors (Lipinski definition) is 4. The van der Waals surface area contributed by atoms with Gasteiger partial charge in [0.15, 0.2) is 0 Å². The maximum Gasteiger partial charge on any atom is 0.412 e. The van der Waals surface area contributed by atoms with Crippen molar-refractivity contribution >= 4 is 23.4 Å². The second-order valence-corrected chi connectivity index (χ2v) is 5.47. The van der Waals surface area contributed by atoms with Crippen molar-refractivity contribution < 1.29 is 14.4 Å². The molecule has 0 spiro atoms. The molecule has 1 aromatic carbocycles.